The Morgan fingerprint density at radius 1 is 1.21 bits per heavy atom. The second-order valence-electron chi connectivity index (χ2n) is 5.16. The van der Waals surface area contributed by atoms with Crippen LogP contribution in [0.5, 0.6) is 0 Å². The average molecular weight is 337 g/mol. The third-order valence-electron chi connectivity index (χ3n) is 3.55. The van der Waals surface area contributed by atoms with Crippen molar-refractivity contribution in [1.82, 2.24) is 9.78 Å². The number of carbonyl (C=O) groups is 1. The lowest BCUT2D eigenvalue weighted by atomic mass is 10.1. The molecule has 0 bridgehead atoms. The van der Waals surface area contributed by atoms with Gasteiger partial charge in [-0.15, -0.1) is 0 Å². The molecule has 0 unspecified atom stereocenters. The number of amides is 1. The zero-order valence-corrected chi connectivity index (χ0v) is 13.6. The predicted molar refractivity (Wildman–Crippen MR) is 92.8 cm³/mol. The number of nitrogens with one attached hydrogen (secondary N) is 1. The van der Waals surface area contributed by atoms with Crippen molar-refractivity contribution in [2.24, 2.45) is 7.05 Å². The number of rotatable bonds is 3. The van der Waals surface area contributed by atoms with Crippen LogP contribution in [-0.4, -0.2) is 15.7 Å². The van der Waals surface area contributed by atoms with Crippen molar-refractivity contribution in [3.8, 4) is 17.3 Å². The smallest absolute Gasteiger partial charge is 0.257 e. The van der Waals surface area contributed by atoms with E-state index in [1.54, 1.807) is 54.2 Å². The maximum atomic E-state index is 12.2. The lowest BCUT2D eigenvalue weighted by molar-refractivity contribution is 0.102. The first-order valence-corrected chi connectivity index (χ1v) is 7.57. The van der Waals surface area contributed by atoms with E-state index in [0.717, 1.165) is 11.3 Å². The molecule has 1 heterocycles. The van der Waals surface area contributed by atoms with Gasteiger partial charge in [0.15, 0.2) is 5.69 Å². The largest absolute Gasteiger partial charge is 0.322 e. The van der Waals surface area contributed by atoms with E-state index >= 15 is 0 Å². The molecule has 5 nitrogen and oxygen atoms in total. The number of aryl methyl sites for hydroxylation is 1. The molecule has 118 valence electrons. The zero-order chi connectivity index (χ0) is 17.1. The van der Waals surface area contributed by atoms with Crippen LogP contribution in [0, 0.1) is 11.3 Å². The fourth-order valence-corrected chi connectivity index (χ4v) is 2.58. The molecule has 0 fully saturated rings. The maximum Gasteiger partial charge on any atom is 0.257 e. The first kappa shape index (κ1) is 15.8. The van der Waals surface area contributed by atoms with E-state index in [4.69, 9.17) is 16.9 Å². The van der Waals surface area contributed by atoms with Crippen molar-refractivity contribution in [2.75, 3.05) is 5.32 Å². The van der Waals surface area contributed by atoms with Crippen molar-refractivity contribution in [2.45, 2.75) is 0 Å². The van der Waals surface area contributed by atoms with Crippen LogP contribution in [0.4, 0.5) is 5.69 Å². The minimum atomic E-state index is -0.263. The normalized spacial score (nSPS) is 10.2. The molecule has 1 N–H and O–H groups in total. The van der Waals surface area contributed by atoms with Crippen molar-refractivity contribution < 1.29 is 4.79 Å². The Morgan fingerprint density at radius 3 is 2.54 bits per heavy atom. The Balaban J connectivity index is 1.80. The Labute approximate surface area is 144 Å². The summed E-state index contributed by atoms with van der Waals surface area (Å²) >= 11 is 6.03. The van der Waals surface area contributed by atoms with Gasteiger partial charge in [0.1, 0.15) is 6.07 Å². The molecule has 0 saturated heterocycles. The van der Waals surface area contributed by atoms with E-state index in [-0.39, 0.29) is 5.91 Å². The molecule has 0 aliphatic heterocycles. The minimum absolute atomic E-state index is 0.263. The number of hydrogen-bond donors (Lipinski definition) is 1. The monoisotopic (exact) mass is 336 g/mol. The van der Waals surface area contributed by atoms with E-state index in [0.29, 0.717) is 22.0 Å². The first-order valence-electron chi connectivity index (χ1n) is 7.19. The molecule has 0 saturated carbocycles. The fourth-order valence-electron chi connectivity index (χ4n) is 2.36. The number of anilines is 1. The summed E-state index contributed by atoms with van der Waals surface area (Å²) in [6.45, 7) is 0. The standard InChI is InChI=1S/C18H13ClN4O/c1-23-17(10-14(11-20)22-23)12-6-8-13(9-7-12)21-18(24)15-4-2-3-5-16(15)19/h2-10H,1H3,(H,21,24). The van der Waals surface area contributed by atoms with Gasteiger partial charge in [0.2, 0.25) is 0 Å². The van der Waals surface area contributed by atoms with Crippen LogP contribution in [-0.2, 0) is 7.05 Å². The minimum Gasteiger partial charge on any atom is -0.322 e. The molecule has 0 aliphatic carbocycles. The summed E-state index contributed by atoms with van der Waals surface area (Å²) in [5.74, 6) is -0.263. The van der Waals surface area contributed by atoms with Crippen molar-refractivity contribution in [3.05, 3.63) is 70.9 Å². The van der Waals surface area contributed by atoms with Crippen LogP contribution >= 0.6 is 11.6 Å². The topological polar surface area (TPSA) is 70.7 Å². The second kappa shape index (κ2) is 6.57. The highest BCUT2D eigenvalue weighted by Gasteiger charge is 2.11. The Morgan fingerprint density at radius 2 is 1.92 bits per heavy atom. The van der Waals surface area contributed by atoms with Gasteiger partial charge in [0.05, 0.1) is 16.3 Å². The second-order valence-corrected chi connectivity index (χ2v) is 5.57. The molecule has 1 amide bonds. The van der Waals surface area contributed by atoms with Crippen molar-refractivity contribution in [1.29, 1.82) is 5.26 Å². The van der Waals surface area contributed by atoms with Crippen LogP contribution in [0.3, 0.4) is 0 Å². The number of carbonyl (C=O) groups excluding carboxylic acids is 1. The summed E-state index contributed by atoms with van der Waals surface area (Å²) in [5, 5.41) is 16.2. The Bertz CT molecular complexity index is 938. The number of hydrogen-bond acceptors (Lipinski definition) is 3. The molecule has 24 heavy (non-hydrogen) atoms. The highest BCUT2D eigenvalue weighted by atomic mass is 35.5. The molecule has 0 aliphatic rings. The van der Waals surface area contributed by atoms with Gasteiger partial charge in [0.25, 0.3) is 5.91 Å². The van der Waals surface area contributed by atoms with Gasteiger partial charge in [-0.25, -0.2) is 0 Å². The van der Waals surface area contributed by atoms with E-state index in [2.05, 4.69) is 10.4 Å². The summed E-state index contributed by atoms with van der Waals surface area (Å²) in [6.07, 6.45) is 0. The van der Waals surface area contributed by atoms with Gasteiger partial charge in [-0.3, -0.25) is 9.48 Å². The van der Waals surface area contributed by atoms with Gasteiger partial charge in [-0.05, 0) is 29.8 Å². The molecule has 0 spiro atoms. The number of benzene rings is 2. The van der Waals surface area contributed by atoms with E-state index in [1.165, 1.54) is 0 Å². The van der Waals surface area contributed by atoms with E-state index < -0.39 is 0 Å². The van der Waals surface area contributed by atoms with Crippen LogP contribution in [0.2, 0.25) is 5.02 Å². The van der Waals surface area contributed by atoms with Crippen LogP contribution in [0.1, 0.15) is 16.1 Å². The van der Waals surface area contributed by atoms with Gasteiger partial charge in [-0.1, -0.05) is 35.9 Å². The summed E-state index contributed by atoms with van der Waals surface area (Å²) in [4.78, 5) is 12.2. The third-order valence-corrected chi connectivity index (χ3v) is 3.88. The van der Waals surface area contributed by atoms with Crippen LogP contribution in [0.15, 0.2) is 54.6 Å². The summed E-state index contributed by atoms with van der Waals surface area (Å²) in [7, 11) is 1.78. The molecular formula is C18H13ClN4O. The van der Waals surface area contributed by atoms with Crippen LogP contribution < -0.4 is 5.32 Å². The van der Waals surface area contributed by atoms with Crippen molar-refractivity contribution in [3.63, 3.8) is 0 Å². The lowest BCUT2D eigenvalue weighted by Gasteiger charge is -2.08. The quantitative estimate of drug-likeness (QED) is 0.789. The maximum absolute atomic E-state index is 12.2. The predicted octanol–water partition coefficient (Wildman–Crippen LogP) is 3.86. The number of halogens is 1. The zero-order valence-electron chi connectivity index (χ0n) is 12.8. The average Bonchev–Trinajstić information content (AvgIpc) is 2.97. The highest BCUT2D eigenvalue weighted by Crippen LogP contribution is 2.23. The lowest BCUT2D eigenvalue weighted by Crippen LogP contribution is -2.12. The number of aromatic nitrogens is 2. The summed E-state index contributed by atoms with van der Waals surface area (Å²) in [5.41, 5.74) is 3.18. The molecule has 3 rings (SSSR count). The molecule has 0 atom stereocenters. The number of nitriles is 1. The fraction of sp³-hybridized carbons (Fsp3) is 0.0556. The molecule has 3 aromatic rings. The van der Waals surface area contributed by atoms with Crippen LogP contribution in [0.25, 0.3) is 11.3 Å². The molecule has 0 radical (unpaired) electrons. The Kier molecular flexibility index (Phi) is 4.32. The summed E-state index contributed by atoms with van der Waals surface area (Å²) in [6, 6.07) is 17.9. The van der Waals surface area contributed by atoms with E-state index in [9.17, 15) is 4.79 Å². The van der Waals surface area contributed by atoms with Crippen molar-refractivity contribution >= 4 is 23.2 Å². The van der Waals surface area contributed by atoms with Gasteiger partial charge in [0, 0.05) is 18.8 Å². The Hall–Kier alpha value is -3.10. The molecular weight excluding hydrogens is 324 g/mol. The molecule has 2 aromatic carbocycles. The first-order chi connectivity index (χ1) is 11.6. The number of nitrogens with zero attached hydrogens (tertiary/aromatic N) is 3. The third kappa shape index (κ3) is 3.14. The SMILES string of the molecule is Cn1nc(C#N)cc1-c1ccc(NC(=O)c2ccccc2Cl)cc1. The molecule has 6 heteroatoms. The molecule has 1 aromatic heterocycles. The highest BCUT2D eigenvalue weighted by molar-refractivity contribution is 6.34. The van der Waals surface area contributed by atoms with Gasteiger partial charge in [-0.2, -0.15) is 10.4 Å². The summed E-state index contributed by atoms with van der Waals surface area (Å²) < 4.78 is 1.65. The van der Waals surface area contributed by atoms with Gasteiger partial charge >= 0.3 is 0 Å². The van der Waals surface area contributed by atoms with E-state index in [1.807, 2.05) is 18.2 Å². The van der Waals surface area contributed by atoms with Gasteiger partial charge < -0.3 is 5.32 Å².